The van der Waals surface area contributed by atoms with Gasteiger partial charge < -0.3 is 27.7 Å². The summed E-state index contributed by atoms with van der Waals surface area (Å²) < 4.78 is 0. The molecule has 2 fully saturated rings. The maximum absolute atomic E-state index is 9.51. The van der Waals surface area contributed by atoms with Gasteiger partial charge in [-0.1, -0.05) is 13.8 Å². The molecule has 0 aromatic heterocycles. The van der Waals surface area contributed by atoms with E-state index in [2.05, 4.69) is 13.8 Å². The minimum atomic E-state index is -1.93. The van der Waals surface area contributed by atoms with E-state index >= 15 is 0 Å². The molecule has 2 saturated carbocycles. The van der Waals surface area contributed by atoms with Crippen LogP contribution in [0.25, 0.3) is 0 Å². The highest BCUT2D eigenvalue weighted by Gasteiger charge is 2.56. The molecular weight excluding hydrogens is 271 g/mol. The fourth-order valence-electron chi connectivity index (χ4n) is 4.08. The van der Waals surface area contributed by atoms with E-state index < -0.39 is 7.26 Å². The van der Waals surface area contributed by atoms with Crippen LogP contribution in [0, 0.1) is 23.2 Å². The van der Waals surface area contributed by atoms with Crippen LogP contribution in [0.3, 0.4) is 0 Å². The van der Waals surface area contributed by atoms with E-state index in [-0.39, 0.29) is 31.5 Å². The predicted octanol–water partition coefficient (Wildman–Crippen LogP) is -1.07. The molecule has 108 valence electrons. The zero-order valence-corrected chi connectivity index (χ0v) is 13.0. The number of hydrogen-bond donors (Lipinski definition) is 3. The van der Waals surface area contributed by atoms with Crippen LogP contribution >= 0.6 is 7.26 Å². The van der Waals surface area contributed by atoms with Crippen molar-refractivity contribution >= 4 is 7.26 Å². The zero-order chi connectivity index (χ0) is 12.7. The third-order valence-electron chi connectivity index (χ3n) is 5.53. The molecule has 0 aromatic carbocycles. The lowest BCUT2D eigenvalue weighted by molar-refractivity contribution is -0.00000670. The number of fused-ring (bicyclic) bond motifs is 2. The van der Waals surface area contributed by atoms with Gasteiger partial charge >= 0.3 is 0 Å². The number of rotatable bonds is 5. The maximum Gasteiger partial charge on any atom is 0.158 e. The SMILES string of the molecule is CC1(C)[C@H]2CC[C@H](C2)[C@H]1C[P+](CO)(CO)CO.[Cl-]. The molecule has 2 bridgehead atoms. The number of hydrogen-bond acceptors (Lipinski definition) is 3. The summed E-state index contributed by atoms with van der Waals surface area (Å²) in [5.41, 5.74) is 0.327. The molecule has 5 heteroatoms. The van der Waals surface area contributed by atoms with Gasteiger partial charge in [-0.3, -0.25) is 0 Å². The van der Waals surface area contributed by atoms with Crippen molar-refractivity contribution in [1.29, 1.82) is 0 Å². The summed E-state index contributed by atoms with van der Waals surface area (Å²) in [6.45, 7) is 4.67. The molecule has 0 amide bonds. The third kappa shape index (κ3) is 2.58. The second-order valence-electron chi connectivity index (χ2n) is 6.65. The van der Waals surface area contributed by atoms with Crippen molar-refractivity contribution in [3.05, 3.63) is 0 Å². The number of halogens is 1. The van der Waals surface area contributed by atoms with Crippen LogP contribution in [0.15, 0.2) is 0 Å². The smallest absolute Gasteiger partial charge is 0.158 e. The Morgan fingerprint density at radius 2 is 1.61 bits per heavy atom. The molecule has 0 aliphatic heterocycles. The van der Waals surface area contributed by atoms with Crippen LogP contribution in [0.5, 0.6) is 0 Å². The van der Waals surface area contributed by atoms with Gasteiger partial charge in [0.25, 0.3) is 0 Å². The summed E-state index contributed by atoms with van der Waals surface area (Å²) in [5.74, 6) is 2.16. The predicted molar refractivity (Wildman–Crippen MR) is 71.1 cm³/mol. The van der Waals surface area contributed by atoms with Gasteiger partial charge in [0.15, 0.2) is 19.0 Å². The lowest BCUT2D eigenvalue weighted by Crippen LogP contribution is -3.00. The Kier molecular flexibility index (Phi) is 5.49. The maximum atomic E-state index is 9.51. The van der Waals surface area contributed by atoms with Crippen LogP contribution in [0.1, 0.15) is 33.1 Å². The summed E-state index contributed by atoms with van der Waals surface area (Å²) in [6.07, 6.45) is 4.81. The van der Waals surface area contributed by atoms with Gasteiger partial charge in [-0.25, -0.2) is 0 Å². The van der Waals surface area contributed by atoms with Gasteiger partial charge in [0, 0.05) is 5.92 Å². The first-order valence-corrected chi connectivity index (χ1v) is 9.20. The van der Waals surface area contributed by atoms with Crippen LogP contribution in [0.4, 0.5) is 0 Å². The summed E-state index contributed by atoms with van der Waals surface area (Å²) in [5, 5.41) is 28.5. The van der Waals surface area contributed by atoms with E-state index in [9.17, 15) is 15.3 Å². The monoisotopic (exact) mass is 296 g/mol. The Morgan fingerprint density at radius 3 is 2.00 bits per heavy atom. The van der Waals surface area contributed by atoms with Crippen LogP contribution in [-0.4, -0.2) is 40.5 Å². The molecule has 0 heterocycles. The zero-order valence-electron chi connectivity index (χ0n) is 11.3. The molecular formula is C13H26ClO3P. The molecule has 2 aliphatic carbocycles. The Labute approximate surface area is 117 Å². The van der Waals surface area contributed by atoms with Crippen molar-refractivity contribution < 1.29 is 27.7 Å². The first-order valence-electron chi connectivity index (χ1n) is 6.67. The fourth-order valence-corrected chi connectivity index (χ4v) is 6.29. The Bertz CT molecular complexity index is 273. The molecule has 3 nitrogen and oxygen atoms in total. The quantitative estimate of drug-likeness (QED) is 0.566. The van der Waals surface area contributed by atoms with Gasteiger partial charge in [-0.15, -0.1) is 0 Å². The highest BCUT2D eigenvalue weighted by molar-refractivity contribution is 7.75. The minimum Gasteiger partial charge on any atom is -1.00 e. The Balaban J connectivity index is 0.00000162. The minimum absolute atomic E-state index is 0. The normalized spacial score (nSPS) is 33.5. The van der Waals surface area contributed by atoms with Crippen LogP contribution in [-0.2, 0) is 0 Å². The van der Waals surface area contributed by atoms with Crippen molar-refractivity contribution in [2.75, 3.05) is 25.2 Å². The summed E-state index contributed by atoms with van der Waals surface area (Å²) in [6, 6.07) is 0. The van der Waals surface area contributed by atoms with Crippen molar-refractivity contribution in [3.63, 3.8) is 0 Å². The van der Waals surface area contributed by atoms with Crippen LogP contribution < -0.4 is 12.4 Å². The van der Waals surface area contributed by atoms with E-state index in [1.807, 2.05) is 0 Å². The molecule has 0 aromatic rings. The van der Waals surface area contributed by atoms with E-state index in [0.717, 1.165) is 18.0 Å². The molecule has 2 aliphatic rings. The molecule has 0 saturated heterocycles. The van der Waals surface area contributed by atoms with Crippen LogP contribution in [0.2, 0.25) is 0 Å². The summed E-state index contributed by atoms with van der Waals surface area (Å²) in [4.78, 5) is 0. The lowest BCUT2D eigenvalue weighted by atomic mass is 9.69. The largest absolute Gasteiger partial charge is 1.00 e. The summed E-state index contributed by atoms with van der Waals surface area (Å²) in [7, 11) is -1.93. The van der Waals surface area contributed by atoms with Gasteiger partial charge in [0.1, 0.15) is 0 Å². The van der Waals surface area contributed by atoms with Crippen molar-refractivity contribution in [2.45, 2.75) is 33.1 Å². The van der Waals surface area contributed by atoms with E-state index in [1.54, 1.807) is 0 Å². The van der Waals surface area contributed by atoms with E-state index in [4.69, 9.17) is 0 Å². The standard InChI is InChI=1S/C13H26O3P.ClH/c1-13(2)11-4-3-10(5-11)12(13)6-17(7-14,8-15)9-16;/h10-12,14-16H,3-9H2,1-2H3;1H/q+1;/p-1/t10-,11+,12-;/m1./s1. The van der Waals surface area contributed by atoms with Crippen molar-refractivity contribution in [3.8, 4) is 0 Å². The highest BCUT2D eigenvalue weighted by atomic mass is 35.5. The molecule has 2 rings (SSSR count). The van der Waals surface area contributed by atoms with Gasteiger partial charge in [-0.05, 0) is 36.5 Å². The summed E-state index contributed by atoms with van der Waals surface area (Å²) >= 11 is 0. The third-order valence-corrected chi connectivity index (χ3v) is 8.50. The Morgan fingerprint density at radius 1 is 1.06 bits per heavy atom. The number of aliphatic hydroxyl groups is 3. The second-order valence-corrected chi connectivity index (χ2v) is 10.5. The molecule has 0 unspecified atom stereocenters. The van der Waals surface area contributed by atoms with E-state index in [1.165, 1.54) is 19.3 Å². The van der Waals surface area contributed by atoms with Gasteiger partial charge in [0.05, 0.1) is 13.4 Å². The average Bonchev–Trinajstić information content (AvgIpc) is 2.88. The van der Waals surface area contributed by atoms with Gasteiger partial charge in [0.2, 0.25) is 0 Å². The molecule has 3 N–H and O–H groups in total. The van der Waals surface area contributed by atoms with E-state index in [0.29, 0.717) is 11.3 Å². The second kappa shape index (κ2) is 5.93. The Hall–Kier alpha value is 0.600. The van der Waals surface area contributed by atoms with Crippen molar-refractivity contribution in [1.82, 2.24) is 0 Å². The molecule has 0 radical (unpaired) electrons. The number of aliphatic hydroxyl groups excluding tert-OH is 3. The fraction of sp³-hybridized carbons (Fsp3) is 1.00. The topological polar surface area (TPSA) is 60.7 Å². The van der Waals surface area contributed by atoms with Gasteiger partial charge in [-0.2, -0.15) is 0 Å². The lowest BCUT2D eigenvalue weighted by Gasteiger charge is -2.40. The van der Waals surface area contributed by atoms with Crippen molar-refractivity contribution in [2.24, 2.45) is 23.2 Å². The first-order chi connectivity index (χ1) is 7.99. The molecule has 0 spiro atoms. The molecule has 3 atom stereocenters. The first kappa shape index (κ1) is 16.7. The average molecular weight is 297 g/mol. The molecule has 18 heavy (non-hydrogen) atoms. The highest BCUT2D eigenvalue weighted by Crippen LogP contribution is 2.66.